The van der Waals surface area contributed by atoms with Gasteiger partial charge in [0.1, 0.15) is 17.3 Å². The molecule has 2 aromatic carbocycles. The number of aliphatic imine (C=N–C) groups is 1. The van der Waals surface area contributed by atoms with Gasteiger partial charge in [-0.1, -0.05) is 30.3 Å². The van der Waals surface area contributed by atoms with Crippen molar-refractivity contribution in [3.05, 3.63) is 99.0 Å². The van der Waals surface area contributed by atoms with E-state index in [2.05, 4.69) is 20.6 Å². The average molecular weight is 526 g/mol. The summed E-state index contributed by atoms with van der Waals surface area (Å²) < 4.78 is 5.61. The average Bonchev–Trinajstić information content (AvgIpc) is 3.52. The minimum absolute atomic E-state index is 0.0114. The zero-order chi connectivity index (χ0) is 27.7. The first kappa shape index (κ1) is 25.7. The van der Waals surface area contributed by atoms with E-state index in [9.17, 15) is 19.7 Å². The summed E-state index contributed by atoms with van der Waals surface area (Å²) in [4.78, 5) is 45.6. The van der Waals surface area contributed by atoms with E-state index in [1.54, 1.807) is 44.4 Å². The second-order valence-corrected chi connectivity index (χ2v) is 9.25. The molecule has 0 radical (unpaired) electrons. The van der Waals surface area contributed by atoms with Crippen molar-refractivity contribution in [2.75, 3.05) is 13.7 Å². The Balaban J connectivity index is 1.53. The molecule has 0 saturated carbocycles. The van der Waals surface area contributed by atoms with Crippen molar-refractivity contribution in [3.8, 4) is 17.0 Å². The van der Waals surface area contributed by atoms with Crippen LogP contribution in [0.25, 0.3) is 17.3 Å². The molecule has 0 aliphatic carbocycles. The van der Waals surface area contributed by atoms with Crippen molar-refractivity contribution in [3.63, 3.8) is 0 Å². The number of para-hydroxylation sites is 1. The van der Waals surface area contributed by atoms with Crippen molar-refractivity contribution in [2.24, 2.45) is 10.9 Å². The van der Waals surface area contributed by atoms with E-state index in [-0.39, 0.29) is 23.1 Å². The van der Waals surface area contributed by atoms with Crippen LogP contribution in [-0.2, 0) is 9.59 Å². The van der Waals surface area contributed by atoms with Gasteiger partial charge in [-0.2, -0.15) is 0 Å². The lowest BCUT2D eigenvalue weighted by atomic mass is 9.74. The van der Waals surface area contributed by atoms with Crippen LogP contribution in [0.3, 0.4) is 0 Å². The van der Waals surface area contributed by atoms with Crippen molar-refractivity contribution in [1.29, 1.82) is 0 Å². The lowest BCUT2D eigenvalue weighted by molar-refractivity contribution is -0.384. The van der Waals surface area contributed by atoms with E-state index in [4.69, 9.17) is 4.74 Å². The fourth-order valence-electron chi connectivity index (χ4n) is 5.14. The van der Waals surface area contributed by atoms with Gasteiger partial charge in [-0.25, -0.2) is 4.99 Å². The standard InChI is InChI=1S/C29H27N5O5/c1-4-30-29(36)24-16(2)31-28-26(25(24)20-10-5-6-11-23(20)39-3)27(35)22(33-28)15-18-12-13-21(32-18)17-8-7-9-19(14-17)34(37)38/h5-15,25-26,32H,4H2,1-3H3,(H,30,36)(H,31,33)/b22-15+. The van der Waals surface area contributed by atoms with Gasteiger partial charge < -0.3 is 20.4 Å². The molecule has 198 valence electrons. The van der Waals surface area contributed by atoms with Gasteiger partial charge in [0, 0.05) is 58.4 Å². The molecule has 10 nitrogen and oxygen atoms in total. The second kappa shape index (κ2) is 10.4. The molecule has 3 aromatic rings. The molecule has 2 aliphatic heterocycles. The summed E-state index contributed by atoms with van der Waals surface area (Å²) in [5, 5.41) is 17.2. The van der Waals surface area contributed by atoms with Crippen LogP contribution in [0.1, 0.15) is 31.0 Å². The molecule has 3 heterocycles. The number of nitrogens with zero attached hydrogens (tertiary/aromatic N) is 2. The third-order valence-electron chi connectivity index (χ3n) is 6.86. The first-order valence-corrected chi connectivity index (χ1v) is 12.5. The zero-order valence-electron chi connectivity index (χ0n) is 21.6. The topological polar surface area (TPSA) is 139 Å². The first-order valence-electron chi connectivity index (χ1n) is 12.5. The second-order valence-electron chi connectivity index (χ2n) is 9.25. The van der Waals surface area contributed by atoms with Crippen LogP contribution in [-0.4, -0.2) is 41.1 Å². The third-order valence-corrected chi connectivity index (χ3v) is 6.86. The SMILES string of the molecule is CCNC(=O)C1=C(C)NC2=N/C(=C/c3ccc(-c4cccc([N+](=O)[O-])c4)[nH]3)C(=O)C2C1c1ccccc1OC. The number of carbonyl (C=O) groups is 2. The molecule has 0 spiro atoms. The van der Waals surface area contributed by atoms with E-state index >= 15 is 0 Å². The number of nitrogens with one attached hydrogen (secondary N) is 3. The summed E-state index contributed by atoms with van der Waals surface area (Å²) in [6, 6.07) is 17.2. The summed E-state index contributed by atoms with van der Waals surface area (Å²) in [6.45, 7) is 4.09. The van der Waals surface area contributed by atoms with Crippen LogP contribution in [0.5, 0.6) is 5.75 Å². The molecule has 1 aromatic heterocycles. The third kappa shape index (κ3) is 4.72. The number of carbonyl (C=O) groups excluding carboxylic acids is 2. The van der Waals surface area contributed by atoms with E-state index in [0.717, 1.165) is 5.56 Å². The Bertz CT molecular complexity index is 1580. The molecule has 1 amide bonds. The molecular weight excluding hydrogens is 498 g/mol. The minimum Gasteiger partial charge on any atom is -0.496 e. The van der Waals surface area contributed by atoms with Gasteiger partial charge in [0.05, 0.1) is 18.0 Å². The minimum atomic E-state index is -0.736. The molecule has 2 aliphatic rings. The van der Waals surface area contributed by atoms with Crippen LogP contribution in [0.15, 0.2) is 82.6 Å². The molecule has 2 unspecified atom stereocenters. The van der Waals surface area contributed by atoms with Gasteiger partial charge in [0.2, 0.25) is 5.91 Å². The molecule has 0 fully saturated rings. The number of aromatic nitrogens is 1. The van der Waals surface area contributed by atoms with Crippen LogP contribution >= 0.6 is 0 Å². The number of Topliss-reactive ketones (excluding diaryl/α,β-unsaturated/α-hetero) is 1. The van der Waals surface area contributed by atoms with Crippen LogP contribution in [0.4, 0.5) is 5.69 Å². The molecule has 10 heteroatoms. The van der Waals surface area contributed by atoms with Gasteiger partial charge in [-0.15, -0.1) is 0 Å². The lowest BCUT2D eigenvalue weighted by Gasteiger charge is -2.33. The highest BCUT2D eigenvalue weighted by Crippen LogP contribution is 2.45. The Morgan fingerprint density at radius 2 is 1.95 bits per heavy atom. The van der Waals surface area contributed by atoms with Crippen LogP contribution < -0.4 is 15.4 Å². The van der Waals surface area contributed by atoms with Crippen molar-refractivity contribution >= 4 is 29.3 Å². The smallest absolute Gasteiger partial charge is 0.270 e. The molecule has 5 rings (SSSR count). The van der Waals surface area contributed by atoms with Crippen molar-refractivity contribution < 1.29 is 19.2 Å². The highest BCUT2D eigenvalue weighted by molar-refractivity contribution is 6.22. The number of ketones is 1. The molecule has 0 bridgehead atoms. The highest BCUT2D eigenvalue weighted by atomic mass is 16.6. The normalized spacial score (nSPS) is 19.4. The predicted molar refractivity (Wildman–Crippen MR) is 147 cm³/mol. The number of fused-ring (bicyclic) bond motifs is 1. The molecule has 3 N–H and O–H groups in total. The number of aromatic amines is 1. The number of hydrogen-bond donors (Lipinski definition) is 3. The number of H-pyrrole nitrogens is 1. The van der Waals surface area contributed by atoms with Crippen molar-refractivity contribution in [1.82, 2.24) is 15.6 Å². The van der Waals surface area contributed by atoms with E-state index < -0.39 is 16.8 Å². The Kier molecular flexibility index (Phi) is 6.84. The fraction of sp³-hybridized carbons (Fsp3) is 0.207. The Morgan fingerprint density at radius 1 is 1.15 bits per heavy atom. The highest BCUT2D eigenvalue weighted by Gasteiger charge is 2.47. The quantitative estimate of drug-likeness (QED) is 0.238. The summed E-state index contributed by atoms with van der Waals surface area (Å²) in [5.74, 6) is -0.772. The number of nitro benzene ring substituents is 1. The van der Waals surface area contributed by atoms with Gasteiger partial charge in [0.25, 0.3) is 5.69 Å². The first-order chi connectivity index (χ1) is 18.8. The van der Waals surface area contributed by atoms with Crippen LogP contribution in [0, 0.1) is 16.0 Å². The monoisotopic (exact) mass is 525 g/mol. The number of amidine groups is 1. The fourth-order valence-corrected chi connectivity index (χ4v) is 5.14. The van der Waals surface area contributed by atoms with Gasteiger partial charge in [-0.05, 0) is 38.1 Å². The molecule has 0 saturated heterocycles. The molecule has 39 heavy (non-hydrogen) atoms. The summed E-state index contributed by atoms with van der Waals surface area (Å²) >= 11 is 0. The van der Waals surface area contributed by atoms with E-state index in [0.29, 0.717) is 46.4 Å². The van der Waals surface area contributed by atoms with E-state index in [1.807, 2.05) is 31.2 Å². The number of methoxy groups -OCH3 is 1. The van der Waals surface area contributed by atoms with Crippen LogP contribution in [0.2, 0.25) is 0 Å². The molecular formula is C29H27N5O5. The summed E-state index contributed by atoms with van der Waals surface area (Å²) in [5.41, 5.74) is 3.97. The summed E-state index contributed by atoms with van der Waals surface area (Å²) in [7, 11) is 1.56. The van der Waals surface area contributed by atoms with E-state index in [1.165, 1.54) is 12.1 Å². The lowest BCUT2D eigenvalue weighted by Crippen LogP contribution is -2.44. The predicted octanol–water partition coefficient (Wildman–Crippen LogP) is 4.33. The maximum absolute atomic E-state index is 13.8. The number of non-ortho nitro benzene ring substituents is 1. The van der Waals surface area contributed by atoms with Gasteiger partial charge >= 0.3 is 0 Å². The number of amides is 1. The number of benzene rings is 2. The number of ether oxygens (including phenoxy) is 1. The summed E-state index contributed by atoms with van der Waals surface area (Å²) in [6.07, 6.45) is 1.65. The Hall–Kier alpha value is -4.99. The number of nitro groups is 1. The maximum Gasteiger partial charge on any atom is 0.270 e. The largest absolute Gasteiger partial charge is 0.496 e. The number of likely N-dealkylation sites (N-methyl/N-ethyl adjacent to an activating group) is 1. The van der Waals surface area contributed by atoms with Gasteiger partial charge in [-0.3, -0.25) is 19.7 Å². The Morgan fingerprint density at radius 3 is 2.69 bits per heavy atom. The van der Waals surface area contributed by atoms with Gasteiger partial charge in [0.15, 0.2) is 5.78 Å². The zero-order valence-corrected chi connectivity index (χ0v) is 21.6. The molecule has 2 atom stereocenters. The van der Waals surface area contributed by atoms with Crippen molar-refractivity contribution in [2.45, 2.75) is 19.8 Å². The number of rotatable bonds is 7. The Labute approximate surface area is 224 Å². The number of allylic oxidation sites excluding steroid dienone is 2. The maximum atomic E-state index is 13.8. The number of hydrogen-bond acceptors (Lipinski definition) is 7.